The predicted molar refractivity (Wildman–Crippen MR) is 53.5 cm³/mol. The molecule has 1 aromatic rings. The zero-order valence-corrected chi connectivity index (χ0v) is 8.54. The van der Waals surface area contributed by atoms with Gasteiger partial charge in [0.05, 0.1) is 5.92 Å². The van der Waals surface area contributed by atoms with Gasteiger partial charge in [-0.2, -0.15) is 0 Å². The van der Waals surface area contributed by atoms with Crippen LogP contribution in [0.2, 0.25) is 5.02 Å². The molecule has 0 aliphatic rings. The number of rotatable bonds is 4. The van der Waals surface area contributed by atoms with Gasteiger partial charge in [-0.3, -0.25) is 4.79 Å². The zero-order valence-electron chi connectivity index (χ0n) is 7.78. The van der Waals surface area contributed by atoms with E-state index in [0.29, 0.717) is 0 Å². The summed E-state index contributed by atoms with van der Waals surface area (Å²) in [6.07, 6.45) is -0.0351. The molecule has 0 aliphatic heterocycles. The van der Waals surface area contributed by atoms with Crippen molar-refractivity contribution in [2.45, 2.75) is 12.3 Å². The molecular formula is C10H10ClFO3. The standard InChI is InChI=1S/C10H10ClFO3/c11-6-1-2-9(12)8(5-6)7(3-4-13)10(14)15/h1-2,5,7,13H,3-4H2,(H,14,15). The molecule has 0 radical (unpaired) electrons. The van der Waals surface area contributed by atoms with Crippen molar-refractivity contribution in [1.29, 1.82) is 0 Å². The number of aliphatic carboxylic acids is 1. The van der Waals surface area contributed by atoms with Gasteiger partial charge in [0.1, 0.15) is 5.82 Å². The number of carboxylic acids is 1. The Bertz CT molecular complexity index is 368. The second kappa shape index (κ2) is 5.09. The van der Waals surface area contributed by atoms with Gasteiger partial charge in [-0.15, -0.1) is 0 Å². The average molecular weight is 233 g/mol. The first-order valence-corrected chi connectivity index (χ1v) is 4.72. The number of halogens is 2. The van der Waals surface area contributed by atoms with E-state index in [4.69, 9.17) is 21.8 Å². The lowest BCUT2D eigenvalue weighted by molar-refractivity contribution is -0.139. The molecule has 5 heteroatoms. The van der Waals surface area contributed by atoms with Gasteiger partial charge in [0.15, 0.2) is 0 Å². The Balaban J connectivity index is 3.09. The fourth-order valence-corrected chi connectivity index (χ4v) is 1.50. The van der Waals surface area contributed by atoms with E-state index in [2.05, 4.69) is 0 Å². The van der Waals surface area contributed by atoms with Crippen LogP contribution in [0.1, 0.15) is 17.9 Å². The smallest absolute Gasteiger partial charge is 0.311 e. The van der Waals surface area contributed by atoms with Gasteiger partial charge in [0.2, 0.25) is 0 Å². The van der Waals surface area contributed by atoms with Crippen LogP contribution < -0.4 is 0 Å². The highest BCUT2D eigenvalue weighted by Gasteiger charge is 2.22. The maximum Gasteiger partial charge on any atom is 0.311 e. The average Bonchev–Trinajstić information content (AvgIpc) is 2.18. The quantitative estimate of drug-likeness (QED) is 0.835. The van der Waals surface area contributed by atoms with Gasteiger partial charge in [0, 0.05) is 17.2 Å². The maximum atomic E-state index is 13.3. The van der Waals surface area contributed by atoms with Crippen molar-refractivity contribution in [2.24, 2.45) is 0 Å². The first-order chi connectivity index (χ1) is 7.06. The number of carboxylic acid groups (broad SMARTS) is 1. The van der Waals surface area contributed by atoms with Crippen molar-refractivity contribution >= 4 is 17.6 Å². The molecule has 0 amide bonds. The Labute approximate surface area is 91.1 Å². The van der Waals surface area contributed by atoms with Crippen LogP contribution >= 0.6 is 11.6 Å². The zero-order chi connectivity index (χ0) is 11.4. The van der Waals surface area contributed by atoms with Crippen LogP contribution in [0, 0.1) is 5.82 Å². The Morgan fingerprint density at radius 2 is 2.20 bits per heavy atom. The van der Waals surface area contributed by atoms with Crippen molar-refractivity contribution in [3.05, 3.63) is 34.6 Å². The molecule has 1 aromatic carbocycles. The van der Waals surface area contributed by atoms with Crippen molar-refractivity contribution in [3.63, 3.8) is 0 Å². The number of carbonyl (C=O) groups is 1. The molecule has 0 bridgehead atoms. The Kier molecular flexibility index (Phi) is 4.05. The van der Waals surface area contributed by atoms with E-state index in [1.165, 1.54) is 12.1 Å². The molecule has 3 nitrogen and oxygen atoms in total. The summed E-state index contributed by atoms with van der Waals surface area (Å²) in [5.74, 6) is -2.86. The van der Waals surface area contributed by atoms with Crippen molar-refractivity contribution in [2.75, 3.05) is 6.61 Å². The van der Waals surface area contributed by atoms with E-state index in [0.717, 1.165) is 6.07 Å². The van der Waals surface area contributed by atoms with E-state index in [9.17, 15) is 9.18 Å². The number of benzene rings is 1. The lowest BCUT2D eigenvalue weighted by Gasteiger charge is -2.12. The third-order valence-electron chi connectivity index (χ3n) is 2.05. The number of hydrogen-bond acceptors (Lipinski definition) is 2. The summed E-state index contributed by atoms with van der Waals surface area (Å²) in [4.78, 5) is 10.8. The Morgan fingerprint density at radius 3 is 2.73 bits per heavy atom. The fraction of sp³-hybridized carbons (Fsp3) is 0.300. The topological polar surface area (TPSA) is 57.5 Å². The van der Waals surface area contributed by atoms with Gasteiger partial charge in [-0.05, 0) is 24.6 Å². The second-order valence-electron chi connectivity index (χ2n) is 3.07. The fourth-order valence-electron chi connectivity index (χ4n) is 1.32. The number of hydrogen-bond donors (Lipinski definition) is 2. The molecule has 1 atom stereocenters. The van der Waals surface area contributed by atoms with Crippen LogP contribution in [0.5, 0.6) is 0 Å². The molecule has 1 rings (SSSR count). The molecule has 0 saturated heterocycles. The summed E-state index contributed by atoms with van der Waals surface area (Å²) in [7, 11) is 0. The van der Waals surface area contributed by atoms with Crippen LogP contribution in [0.15, 0.2) is 18.2 Å². The maximum absolute atomic E-state index is 13.3. The lowest BCUT2D eigenvalue weighted by atomic mass is 9.96. The van der Waals surface area contributed by atoms with Gasteiger partial charge in [-0.25, -0.2) is 4.39 Å². The van der Waals surface area contributed by atoms with Gasteiger partial charge in [0.25, 0.3) is 0 Å². The third-order valence-corrected chi connectivity index (χ3v) is 2.28. The van der Waals surface area contributed by atoms with Gasteiger partial charge in [-0.1, -0.05) is 11.6 Å². The lowest BCUT2D eigenvalue weighted by Crippen LogP contribution is -2.14. The minimum atomic E-state index is -1.18. The molecule has 15 heavy (non-hydrogen) atoms. The summed E-state index contributed by atoms with van der Waals surface area (Å²) in [6, 6.07) is 3.73. The highest BCUT2D eigenvalue weighted by Crippen LogP contribution is 2.25. The number of aliphatic hydroxyl groups is 1. The Hall–Kier alpha value is -1.13. The van der Waals surface area contributed by atoms with Crippen LogP contribution in [-0.4, -0.2) is 22.8 Å². The first kappa shape index (κ1) is 11.9. The summed E-state index contributed by atoms with van der Waals surface area (Å²) in [5, 5.41) is 17.8. The molecule has 0 heterocycles. The van der Waals surface area contributed by atoms with E-state index in [1.807, 2.05) is 0 Å². The number of aliphatic hydroxyl groups excluding tert-OH is 1. The van der Waals surface area contributed by atoms with Gasteiger partial charge < -0.3 is 10.2 Å². The minimum absolute atomic E-state index is 0.00375. The van der Waals surface area contributed by atoms with Crippen molar-refractivity contribution < 1.29 is 19.4 Å². The van der Waals surface area contributed by atoms with E-state index in [-0.39, 0.29) is 23.6 Å². The molecule has 0 fully saturated rings. The van der Waals surface area contributed by atoms with E-state index < -0.39 is 17.7 Å². The second-order valence-corrected chi connectivity index (χ2v) is 3.51. The highest BCUT2D eigenvalue weighted by molar-refractivity contribution is 6.30. The van der Waals surface area contributed by atoms with E-state index >= 15 is 0 Å². The van der Waals surface area contributed by atoms with E-state index in [1.54, 1.807) is 0 Å². The summed E-state index contributed by atoms with van der Waals surface area (Å²) < 4.78 is 13.3. The molecule has 1 unspecified atom stereocenters. The molecule has 2 N–H and O–H groups in total. The highest BCUT2D eigenvalue weighted by atomic mass is 35.5. The van der Waals surface area contributed by atoms with Crippen LogP contribution in [-0.2, 0) is 4.79 Å². The molecule has 0 saturated carbocycles. The summed E-state index contributed by atoms with van der Waals surface area (Å²) in [6.45, 7) is -0.317. The van der Waals surface area contributed by atoms with Crippen LogP contribution in [0.3, 0.4) is 0 Å². The molecular weight excluding hydrogens is 223 g/mol. The van der Waals surface area contributed by atoms with Crippen LogP contribution in [0.4, 0.5) is 4.39 Å². The van der Waals surface area contributed by atoms with Crippen molar-refractivity contribution in [3.8, 4) is 0 Å². The SMILES string of the molecule is O=C(O)C(CCO)c1cc(Cl)ccc1F. The van der Waals surface area contributed by atoms with Gasteiger partial charge >= 0.3 is 5.97 Å². The largest absolute Gasteiger partial charge is 0.481 e. The Morgan fingerprint density at radius 1 is 1.53 bits per heavy atom. The molecule has 0 spiro atoms. The third kappa shape index (κ3) is 2.91. The molecule has 0 aromatic heterocycles. The van der Waals surface area contributed by atoms with Crippen molar-refractivity contribution in [1.82, 2.24) is 0 Å². The predicted octanol–water partition coefficient (Wildman–Crippen LogP) is 2.03. The van der Waals surface area contributed by atoms with Crippen LogP contribution in [0.25, 0.3) is 0 Å². The summed E-state index contributed by atoms with van der Waals surface area (Å²) >= 11 is 5.64. The molecule has 0 aliphatic carbocycles. The monoisotopic (exact) mass is 232 g/mol. The minimum Gasteiger partial charge on any atom is -0.481 e. The summed E-state index contributed by atoms with van der Waals surface area (Å²) in [5.41, 5.74) is 0.00375. The molecule has 82 valence electrons. The first-order valence-electron chi connectivity index (χ1n) is 4.35. The normalized spacial score (nSPS) is 12.5.